The van der Waals surface area contributed by atoms with E-state index in [9.17, 15) is 8.42 Å². The highest BCUT2D eigenvalue weighted by molar-refractivity contribution is 7.86. The van der Waals surface area contributed by atoms with Crippen LogP contribution in [0.15, 0.2) is 17.0 Å². The number of benzene rings is 1. The number of aromatic amines is 1. The van der Waals surface area contributed by atoms with E-state index in [-0.39, 0.29) is 10.4 Å². The molecule has 6 nitrogen and oxygen atoms in total. The highest BCUT2D eigenvalue weighted by atomic mass is 32.2. The highest BCUT2D eigenvalue weighted by Gasteiger charge is 2.20. The number of hydrogen-bond acceptors (Lipinski definition) is 4. The Balaban J connectivity index is 2.93. The second kappa shape index (κ2) is 3.28. The fourth-order valence-electron chi connectivity index (χ4n) is 1.50. The fraction of sp³-hybridized carbons (Fsp3) is 0.250. The lowest BCUT2D eigenvalue weighted by Crippen LogP contribution is -2.03. The first kappa shape index (κ1) is 10.1. The van der Waals surface area contributed by atoms with Gasteiger partial charge in [0.1, 0.15) is 15.9 Å². The van der Waals surface area contributed by atoms with Crippen LogP contribution < -0.4 is 0 Å². The standard InChI is InChI=1S/C8H9N3O3S/c1-2-5-3-4-6-7(10-11-9-6)8(5)15(12,13)14/h3-4H,2H2,1H3,(H,9,10,11)(H,12,13,14). The minimum atomic E-state index is -4.26. The number of nitrogens with one attached hydrogen (secondary N) is 1. The molecule has 0 atom stereocenters. The predicted octanol–water partition coefficient (Wildman–Crippen LogP) is 0.767. The molecule has 15 heavy (non-hydrogen) atoms. The maximum Gasteiger partial charge on any atom is 0.297 e. The van der Waals surface area contributed by atoms with Crippen molar-refractivity contribution < 1.29 is 13.0 Å². The quantitative estimate of drug-likeness (QED) is 0.738. The summed E-state index contributed by atoms with van der Waals surface area (Å²) < 4.78 is 31.5. The molecule has 0 aliphatic carbocycles. The first-order valence-electron chi connectivity index (χ1n) is 4.34. The SMILES string of the molecule is CCc1ccc2n[nH]nc2c1S(=O)(=O)O. The first-order valence-corrected chi connectivity index (χ1v) is 5.78. The van der Waals surface area contributed by atoms with Gasteiger partial charge in [-0.15, -0.1) is 0 Å². The third-order valence-corrected chi connectivity index (χ3v) is 3.13. The summed E-state index contributed by atoms with van der Waals surface area (Å²) in [7, 11) is -4.26. The zero-order valence-electron chi connectivity index (χ0n) is 7.93. The molecule has 0 aliphatic rings. The average Bonchev–Trinajstić information content (AvgIpc) is 2.61. The maximum absolute atomic E-state index is 11.2. The molecule has 2 N–H and O–H groups in total. The normalized spacial score (nSPS) is 12.1. The summed E-state index contributed by atoms with van der Waals surface area (Å²) in [4.78, 5) is -0.156. The minimum absolute atomic E-state index is 0.156. The molecule has 1 heterocycles. The van der Waals surface area contributed by atoms with Gasteiger partial charge in [0.2, 0.25) is 0 Å². The summed E-state index contributed by atoms with van der Waals surface area (Å²) in [6.07, 6.45) is 0.498. The molecule has 0 spiro atoms. The third-order valence-electron chi connectivity index (χ3n) is 2.16. The molecule has 1 aromatic carbocycles. The summed E-state index contributed by atoms with van der Waals surface area (Å²) in [6.45, 7) is 1.80. The van der Waals surface area contributed by atoms with Crippen molar-refractivity contribution in [1.29, 1.82) is 0 Å². The Hall–Kier alpha value is -1.47. The molecule has 2 aromatic rings. The van der Waals surface area contributed by atoms with E-state index < -0.39 is 10.1 Å². The summed E-state index contributed by atoms with van der Waals surface area (Å²) >= 11 is 0. The Morgan fingerprint density at radius 1 is 1.40 bits per heavy atom. The number of aryl methyl sites for hydroxylation is 1. The van der Waals surface area contributed by atoms with Crippen molar-refractivity contribution in [2.24, 2.45) is 0 Å². The number of H-pyrrole nitrogens is 1. The summed E-state index contributed by atoms with van der Waals surface area (Å²) in [6, 6.07) is 3.28. The molecule has 0 saturated heterocycles. The predicted molar refractivity (Wildman–Crippen MR) is 53.1 cm³/mol. The number of nitrogens with zero attached hydrogens (tertiary/aromatic N) is 2. The van der Waals surface area contributed by atoms with Crippen LogP contribution in [-0.4, -0.2) is 28.4 Å². The molecular weight excluding hydrogens is 218 g/mol. The molecule has 1 aromatic heterocycles. The molecule has 0 unspecified atom stereocenters. The lowest BCUT2D eigenvalue weighted by atomic mass is 10.1. The summed E-state index contributed by atoms with van der Waals surface area (Å²) in [5, 5.41) is 9.80. The van der Waals surface area contributed by atoms with Crippen molar-refractivity contribution in [3.63, 3.8) is 0 Å². The Morgan fingerprint density at radius 3 is 2.73 bits per heavy atom. The van der Waals surface area contributed by atoms with Gasteiger partial charge in [-0.3, -0.25) is 4.55 Å². The molecular formula is C8H9N3O3S. The highest BCUT2D eigenvalue weighted by Crippen LogP contribution is 2.23. The van der Waals surface area contributed by atoms with Crippen LogP contribution in [0.2, 0.25) is 0 Å². The van der Waals surface area contributed by atoms with E-state index in [1.165, 1.54) is 0 Å². The molecule has 0 fully saturated rings. The number of aromatic nitrogens is 3. The van der Waals surface area contributed by atoms with E-state index in [4.69, 9.17) is 4.55 Å². The van der Waals surface area contributed by atoms with Gasteiger partial charge < -0.3 is 0 Å². The number of hydrogen-bond donors (Lipinski definition) is 2. The van der Waals surface area contributed by atoms with Crippen LogP contribution in [0.5, 0.6) is 0 Å². The van der Waals surface area contributed by atoms with Crippen LogP contribution in [0.4, 0.5) is 0 Å². The minimum Gasteiger partial charge on any atom is -0.282 e. The molecule has 0 amide bonds. The van der Waals surface area contributed by atoms with Gasteiger partial charge in [-0.1, -0.05) is 13.0 Å². The number of fused-ring (bicyclic) bond motifs is 1. The molecule has 0 aliphatic heterocycles. The van der Waals surface area contributed by atoms with Gasteiger partial charge in [-0.2, -0.15) is 23.8 Å². The van der Waals surface area contributed by atoms with Gasteiger partial charge >= 0.3 is 0 Å². The van der Waals surface area contributed by atoms with E-state index in [1.807, 2.05) is 0 Å². The number of rotatable bonds is 2. The Kier molecular flexibility index (Phi) is 2.20. The van der Waals surface area contributed by atoms with Gasteiger partial charge in [0, 0.05) is 0 Å². The van der Waals surface area contributed by atoms with E-state index in [0.717, 1.165) is 0 Å². The maximum atomic E-state index is 11.2. The van der Waals surface area contributed by atoms with Gasteiger partial charge in [-0.25, -0.2) is 0 Å². The van der Waals surface area contributed by atoms with Gasteiger partial charge in [0.25, 0.3) is 10.1 Å². The molecule has 0 saturated carbocycles. The van der Waals surface area contributed by atoms with E-state index in [1.54, 1.807) is 19.1 Å². The van der Waals surface area contributed by atoms with Gasteiger partial charge in [0.05, 0.1) is 0 Å². The third kappa shape index (κ3) is 1.59. The summed E-state index contributed by atoms with van der Waals surface area (Å²) in [5.74, 6) is 0. The van der Waals surface area contributed by atoms with Crippen LogP contribution in [0, 0.1) is 0 Å². The Bertz CT molecular complexity index is 603. The largest absolute Gasteiger partial charge is 0.297 e. The molecule has 7 heteroatoms. The van der Waals surface area contributed by atoms with Gasteiger partial charge in [-0.05, 0) is 18.1 Å². The summed E-state index contributed by atoms with van der Waals surface area (Å²) in [5.41, 5.74) is 1.12. The average molecular weight is 227 g/mol. The molecule has 0 bridgehead atoms. The lowest BCUT2D eigenvalue weighted by Gasteiger charge is -2.03. The van der Waals surface area contributed by atoms with E-state index in [2.05, 4.69) is 15.4 Å². The Morgan fingerprint density at radius 2 is 2.13 bits per heavy atom. The monoisotopic (exact) mass is 227 g/mol. The van der Waals surface area contributed by atoms with Crippen LogP contribution in [0.1, 0.15) is 12.5 Å². The molecule has 0 radical (unpaired) electrons. The topological polar surface area (TPSA) is 95.9 Å². The zero-order valence-corrected chi connectivity index (χ0v) is 8.74. The van der Waals surface area contributed by atoms with E-state index >= 15 is 0 Å². The van der Waals surface area contributed by atoms with Crippen LogP contribution in [0.25, 0.3) is 11.0 Å². The fourth-order valence-corrected chi connectivity index (χ4v) is 2.43. The zero-order chi connectivity index (χ0) is 11.1. The smallest absolute Gasteiger partial charge is 0.282 e. The molecule has 80 valence electrons. The van der Waals surface area contributed by atoms with Crippen molar-refractivity contribution in [2.45, 2.75) is 18.2 Å². The van der Waals surface area contributed by atoms with Crippen LogP contribution in [-0.2, 0) is 16.5 Å². The lowest BCUT2D eigenvalue weighted by molar-refractivity contribution is 0.483. The van der Waals surface area contributed by atoms with Crippen molar-refractivity contribution in [2.75, 3.05) is 0 Å². The molecule has 2 rings (SSSR count). The van der Waals surface area contributed by atoms with Gasteiger partial charge in [0.15, 0.2) is 0 Å². The Labute approximate surface area is 86.1 Å². The second-order valence-electron chi connectivity index (χ2n) is 3.07. The van der Waals surface area contributed by atoms with Crippen molar-refractivity contribution in [1.82, 2.24) is 15.4 Å². The van der Waals surface area contributed by atoms with Crippen LogP contribution in [0.3, 0.4) is 0 Å². The van der Waals surface area contributed by atoms with Crippen molar-refractivity contribution in [3.05, 3.63) is 17.7 Å². The van der Waals surface area contributed by atoms with E-state index in [0.29, 0.717) is 17.5 Å². The van der Waals surface area contributed by atoms with Crippen molar-refractivity contribution in [3.8, 4) is 0 Å². The van der Waals surface area contributed by atoms with Crippen LogP contribution >= 0.6 is 0 Å². The first-order chi connectivity index (χ1) is 7.04. The second-order valence-corrected chi connectivity index (χ2v) is 4.43. The van der Waals surface area contributed by atoms with Crippen molar-refractivity contribution >= 4 is 21.2 Å².